The van der Waals surface area contributed by atoms with E-state index in [2.05, 4.69) is 9.97 Å². The molecule has 0 amide bonds. The Hall–Kier alpha value is -2.21. The van der Waals surface area contributed by atoms with Gasteiger partial charge in [0.2, 0.25) is 0 Å². The molecule has 0 spiro atoms. The summed E-state index contributed by atoms with van der Waals surface area (Å²) in [6.45, 7) is 0. The molecule has 106 valence electrons. The van der Waals surface area contributed by atoms with Crippen molar-refractivity contribution in [3.63, 3.8) is 0 Å². The fourth-order valence-corrected chi connectivity index (χ4v) is 2.12. The van der Waals surface area contributed by atoms with Crippen LogP contribution in [0.1, 0.15) is 0 Å². The van der Waals surface area contributed by atoms with Crippen LogP contribution < -0.4 is 0 Å². The molecular weight excluding hydrogens is 308 g/mol. The Balaban J connectivity index is 2.25. The first-order chi connectivity index (χ1) is 9.95. The Labute approximate surface area is 121 Å². The minimum Gasteiger partial charge on any atom is -0.228 e. The zero-order chi connectivity index (χ0) is 15.1. The Morgan fingerprint density at radius 1 is 0.857 bits per heavy atom. The fourth-order valence-electron chi connectivity index (χ4n) is 1.88. The van der Waals surface area contributed by atoms with E-state index in [1.165, 1.54) is 12.1 Å². The highest BCUT2D eigenvalue weighted by Crippen LogP contribution is 2.27. The van der Waals surface area contributed by atoms with Crippen molar-refractivity contribution >= 4 is 22.5 Å². The summed E-state index contributed by atoms with van der Waals surface area (Å²) in [7, 11) is 0. The van der Waals surface area contributed by atoms with Gasteiger partial charge >= 0.3 is 0 Å². The Morgan fingerprint density at radius 2 is 1.52 bits per heavy atom. The van der Waals surface area contributed by atoms with Gasteiger partial charge < -0.3 is 0 Å². The zero-order valence-electron chi connectivity index (χ0n) is 10.2. The maximum atomic E-state index is 13.2. The molecule has 2 nitrogen and oxygen atoms in total. The molecule has 21 heavy (non-hydrogen) atoms. The van der Waals surface area contributed by atoms with Crippen molar-refractivity contribution in [1.29, 1.82) is 0 Å². The third-order valence-electron chi connectivity index (χ3n) is 2.85. The van der Waals surface area contributed by atoms with Gasteiger partial charge in [-0.2, -0.15) is 0 Å². The first-order valence-corrected chi connectivity index (χ1v) is 6.11. The second kappa shape index (κ2) is 4.96. The fraction of sp³-hybridized carbons (Fsp3) is 0. The predicted molar refractivity (Wildman–Crippen MR) is 69.8 cm³/mol. The molecule has 0 saturated heterocycles. The summed E-state index contributed by atoms with van der Waals surface area (Å²) in [6, 6.07) is 5.18. The molecule has 7 heteroatoms. The first kappa shape index (κ1) is 13.8. The van der Waals surface area contributed by atoms with Gasteiger partial charge in [-0.3, -0.25) is 0 Å². The number of hydrogen-bond acceptors (Lipinski definition) is 2. The van der Waals surface area contributed by atoms with Gasteiger partial charge in [0.1, 0.15) is 11.0 Å². The molecule has 0 saturated carbocycles. The van der Waals surface area contributed by atoms with Crippen LogP contribution in [-0.2, 0) is 0 Å². The lowest BCUT2D eigenvalue weighted by Gasteiger charge is -2.06. The van der Waals surface area contributed by atoms with E-state index >= 15 is 0 Å². The predicted octanol–water partition coefficient (Wildman–Crippen LogP) is 4.51. The zero-order valence-corrected chi connectivity index (χ0v) is 10.9. The Bertz CT molecular complexity index is 844. The molecule has 0 fully saturated rings. The molecular formula is C14H5ClF4N2. The van der Waals surface area contributed by atoms with Gasteiger partial charge in [-0.15, -0.1) is 0 Å². The third-order valence-corrected chi connectivity index (χ3v) is 3.14. The van der Waals surface area contributed by atoms with Gasteiger partial charge in [0.25, 0.3) is 0 Å². The van der Waals surface area contributed by atoms with Gasteiger partial charge in [0.15, 0.2) is 23.3 Å². The number of benzene rings is 2. The third kappa shape index (κ3) is 2.42. The van der Waals surface area contributed by atoms with Crippen LogP contribution >= 0.6 is 11.6 Å². The lowest BCUT2D eigenvalue weighted by Crippen LogP contribution is -1.96. The molecule has 0 atom stereocenters. The van der Waals surface area contributed by atoms with Crippen molar-refractivity contribution in [3.8, 4) is 11.4 Å². The van der Waals surface area contributed by atoms with Gasteiger partial charge in [0, 0.05) is 17.0 Å². The summed E-state index contributed by atoms with van der Waals surface area (Å²) >= 11 is 5.94. The van der Waals surface area contributed by atoms with E-state index in [0.29, 0.717) is 5.39 Å². The first-order valence-electron chi connectivity index (χ1n) is 5.73. The molecule has 0 aliphatic rings. The quantitative estimate of drug-likeness (QED) is 0.375. The molecule has 2 aromatic carbocycles. The maximum Gasteiger partial charge on any atom is 0.194 e. The van der Waals surface area contributed by atoms with Crippen molar-refractivity contribution in [1.82, 2.24) is 9.97 Å². The highest BCUT2D eigenvalue weighted by Gasteiger charge is 2.15. The van der Waals surface area contributed by atoms with E-state index in [1.54, 1.807) is 0 Å². The summed E-state index contributed by atoms with van der Waals surface area (Å²) in [6.07, 6.45) is 0. The lowest BCUT2D eigenvalue weighted by molar-refractivity contribution is 0.447. The number of nitrogens with zero attached hydrogens (tertiary/aromatic N) is 2. The number of aromatic nitrogens is 2. The number of halogens is 5. The van der Waals surface area contributed by atoms with Crippen LogP contribution in [0.4, 0.5) is 17.6 Å². The summed E-state index contributed by atoms with van der Waals surface area (Å²) in [4.78, 5) is 7.88. The van der Waals surface area contributed by atoms with Crippen LogP contribution in [-0.4, -0.2) is 9.97 Å². The van der Waals surface area contributed by atoms with E-state index in [-0.39, 0.29) is 22.1 Å². The summed E-state index contributed by atoms with van der Waals surface area (Å²) < 4.78 is 52.6. The van der Waals surface area contributed by atoms with Crippen LogP contribution in [0.2, 0.25) is 5.15 Å². The average Bonchev–Trinajstić information content (AvgIpc) is 2.43. The highest BCUT2D eigenvalue weighted by atomic mass is 35.5. The molecule has 0 radical (unpaired) electrons. The maximum absolute atomic E-state index is 13.2. The number of rotatable bonds is 1. The second-order valence-corrected chi connectivity index (χ2v) is 4.61. The molecule has 1 aromatic heterocycles. The van der Waals surface area contributed by atoms with Crippen LogP contribution in [0.25, 0.3) is 22.3 Å². The van der Waals surface area contributed by atoms with Crippen molar-refractivity contribution in [2.24, 2.45) is 0 Å². The minimum absolute atomic E-state index is 0.000131. The minimum atomic E-state index is -1.59. The van der Waals surface area contributed by atoms with E-state index in [0.717, 1.165) is 18.2 Å². The van der Waals surface area contributed by atoms with Gasteiger partial charge in [-0.05, 0) is 24.3 Å². The second-order valence-electron chi connectivity index (χ2n) is 4.25. The normalized spacial score (nSPS) is 11.1. The summed E-state index contributed by atoms with van der Waals surface area (Å²) in [5.74, 6) is -5.00. The van der Waals surface area contributed by atoms with Crippen molar-refractivity contribution in [3.05, 3.63) is 58.8 Å². The smallest absolute Gasteiger partial charge is 0.194 e. The number of fused-ring (bicyclic) bond motifs is 1. The number of hydrogen-bond donors (Lipinski definition) is 0. The monoisotopic (exact) mass is 312 g/mol. The van der Waals surface area contributed by atoms with E-state index in [9.17, 15) is 17.6 Å². The van der Waals surface area contributed by atoms with Crippen molar-refractivity contribution in [2.75, 3.05) is 0 Å². The van der Waals surface area contributed by atoms with Crippen LogP contribution in [0, 0.1) is 23.3 Å². The molecule has 0 N–H and O–H groups in total. The SMILES string of the molecule is Fc1ccc2c(Cl)nc(-c3cc(F)c(F)c(F)c3)nc2c1. The lowest BCUT2D eigenvalue weighted by atomic mass is 10.1. The molecule has 3 aromatic rings. The van der Waals surface area contributed by atoms with Crippen molar-refractivity contribution in [2.45, 2.75) is 0 Å². The Kier molecular flexibility index (Phi) is 3.25. The van der Waals surface area contributed by atoms with Gasteiger partial charge in [0.05, 0.1) is 5.52 Å². The van der Waals surface area contributed by atoms with Gasteiger partial charge in [-0.1, -0.05) is 11.6 Å². The summed E-state index contributed by atoms with van der Waals surface area (Å²) in [5.41, 5.74) is 0.0783. The van der Waals surface area contributed by atoms with Crippen molar-refractivity contribution < 1.29 is 17.6 Å². The van der Waals surface area contributed by atoms with E-state index in [1.807, 2.05) is 0 Å². The molecule has 1 heterocycles. The highest BCUT2D eigenvalue weighted by molar-refractivity contribution is 6.34. The molecule has 0 unspecified atom stereocenters. The van der Waals surface area contributed by atoms with E-state index < -0.39 is 23.3 Å². The van der Waals surface area contributed by atoms with Crippen LogP contribution in [0.5, 0.6) is 0 Å². The average molecular weight is 313 g/mol. The Morgan fingerprint density at radius 3 is 2.19 bits per heavy atom. The standard InChI is InChI=1S/C14H5ClF4N2/c15-13-8-2-1-7(16)5-11(8)20-14(21-13)6-3-9(17)12(19)10(18)4-6/h1-5H. The molecule has 0 aliphatic heterocycles. The van der Waals surface area contributed by atoms with Crippen LogP contribution in [0.3, 0.4) is 0 Å². The molecule has 0 aliphatic carbocycles. The molecule has 0 bridgehead atoms. The van der Waals surface area contributed by atoms with Gasteiger partial charge in [-0.25, -0.2) is 27.5 Å². The molecule has 3 rings (SSSR count). The summed E-state index contributed by atoms with van der Waals surface area (Å²) in [5, 5.41) is 0.394. The van der Waals surface area contributed by atoms with Crippen LogP contribution in [0.15, 0.2) is 30.3 Å². The topological polar surface area (TPSA) is 25.8 Å². The van der Waals surface area contributed by atoms with E-state index in [4.69, 9.17) is 11.6 Å². The largest absolute Gasteiger partial charge is 0.228 e.